The number of piperidine rings is 1. The Morgan fingerprint density at radius 2 is 2.03 bits per heavy atom. The highest BCUT2D eigenvalue weighted by atomic mass is 79.9. The summed E-state index contributed by atoms with van der Waals surface area (Å²) >= 11 is 3.62. The zero-order valence-electron chi connectivity index (χ0n) is 18.0. The SMILES string of the molecule is CO[C@@H]1[C@H](O)CC[C@]2(O)CN(c3ccc(C)c(Br)c3)[C@@H](CC=C(C)C)[C@](C)(O)[C@@H]12. The van der Waals surface area contributed by atoms with Crippen LogP contribution in [0.1, 0.15) is 45.6 Å². The molecule has 162 valence electrons. The Morgan fingerprint density at radius 3 is 2.62 bits per heavy atom. The van der Waals surface area contributed by atoms with E-state index < -0.39 is 29.3 Å². The molecule has 0 spiro atoms. The molecule has 6 heteroatoms. The number of nitrogens with zero attached hydrogens (tertiary/aromatic N) is 1. The highest BCUT2D eigenvalue weighted by Gasteiger charge is 2.63. The van der Waals surface area contributed by atoms with Gasteiger partial charge in [-0.05, 0) is 64.7 Å². The lowest BCUT2D eigenvalue weighted by Crippen LogP contribution is -2.75. The van der Waals surface area contributed by atoms with E-state index in [1.54, 1.807) is 14.0 Å². The van der Waals surface area contributed by atoms with Crippen LogP contribution in [0.2, 0.25) is 0 Å². The van der Waals surface area contributed by atoms with Crippen molar-refractivity contribution in [3.63, 3.8) is 0 Å². The minimum absolute atomic E-state index is 0.264. The van der Waals surface area contributed by atoms with E-state index in [1.807, 2.05) is 32.9 Å². The van der Waals surface area contributed by atoms with Gasteiger partial charge in [-0.1, -0.05) is 33.6 Å². The lowest BCUT2D eigenvalue weighted by atomic mass is 9.59. The van der Waals surface area contributed by atoms with E-state index in [0.29, 0.717) is 25.8 Å². The fourth-order valence-electron chi connectivity index (χ4n) is 5.27. The normalized spacial score (nSPS) is 37.2. The van der Waals surface area contributed by atoms with Crippen molar-refractivity contribution in [1.29, 1.82) is 0 Å². The number of ether oxygens (including phenoxy) is 1. The second-order valence-corrected chi connectivity index (χ2v) is 10.1. The molecule has 3 rings (SSSR count). The van der Waals surface area contributed by atoms with E-state index in [9.17, 15) is 15.3 Å². The number of fused-ring (bicyclic) bond motifs is 1. The molecule has 1 aliphatic carbocycles. The van der Waals surface area contributed by atoms with Gasteiger partial charge in [0.1, 0.15) is 0 Å². The number of aryl methyl sites for hydroxylation is 1. The van der Waals surface area contributed by atoms with Gasteiger partial charge in [0.05, 0.1) is 29.5 Å². The molecule has 1 aromatic rings. The highest BCUT2D eigenvalue weighted by molar-refractivity contribution is 9.10. The Bertz CT molecular complexity index is 776. The minimum Gasteiger partial charge on any atom is -0.390 e. The van der Waals surface area contributed by atoms with E-state index in [4.69, 9.17) is 4.74 Å². The summed E-state index contributed by atoms with van der Waals surface area (Å²) < 4.78 is 6.61. The zero-order chi connectivity index (χ0) is 21.6. The average Bonchev–Trinajstić information content (AvgIpc) is 2.63. The van der Waals surface area contributed by atoms with Gasteiger partial charge in [0.15, 0.2) is 0 Å². The molecule has 1 heterocycles. The largest absolute Gasteiger partial charge is 0.390 e. The number of rotatable bonds is 4. The molecule has 1 aliphatic heterocycles. The van der Waals surface area contributed by atoms with Crippen LogP contribution in [0.3, 0.4) is 0 Å². The average molecular weight is 468 g/mol. The van der Waals surface area contributed by atoms with Crippen LogP contribution in [-0.4, -0.2) is 58.4 Å². The summed E-state index contributed by atoms with van der Waals surface area (Å²) in [5.41, 5.74) is 0.858. The smallest absolute Gasteiger partial charge is 0.0914 e. The molecule has 6 atom stereocenters. The van der Waals surface area contributed by atoms with Crippen molar-refractivity contribution < 1.29 is 20.1 Å². The number of aliphatic hydroxyl groups excluding tert-OH is 1. The van der Waals surface area contributed by atoms with Crippen LogP contribution in [0.25, 0.3) is 0 Å². The summed E-state index contributed by atoms with van der Waals surface area (Å²) in [6, 6.07) is 5.88. The number of allylic oxidation sites excluding steroid dienone is 1. The van der Waals surface area contributed by atoms with Gasteiger partial charge in [0, 0.05) is 29.7 Å². The van der Waals surface area contributed by atoms with E-state index in [0.717, 1.165) is 15.7 Å². The molecule has 1 saturated carbocycles. The molecule has 0 bridgehead atoms. The third-order valence-corrected chi connectivity index (χ3v) is 7.65. The van der Waals surface area contributed by atoms with Crippen molar-refractivity contribution >= 4 is 21.6 Å². The fraction of sp³-hybridized carbons (Fsp3) is 0.652. The second-order valence-electron chi connectivity index (χ2n) is 9.21. The van der Waals surface area contributed by atoms with Crippen molar-refractivity contribution in [3.8, 4) is 0 Å². The third-order valence-electron chi connectivity index (χ3n) is 6.79. The number of benzene rings is 1. The molecule has 2 aliphatic rings. The number of hydrogen-bond donors (Lipinski definition) is 3. The standard InChI is InChI=1S/C23H34BrNO4/c1-14(2)6-9-19-22(4,27)21-20(29-5)18(26)10-11-23(21,28)13-25(19)16-8-7-15(3)17(24)12-16/h6-8,12,18-21,26-28H,9-11,13H2,1-5H3/t18-,19+,20-,21-,22+,23+/m1/s1. The van der Waals surface area contributed by atoms with Crippen LogP contribution in [0.5, 0.6) is 0 Å². The molecule has 0 amide bonds. The van der Waals surface area contributed by atoms with Crippen molar-refractivity contribution in [3.05, 3.63) is 39.9 Å². The third kappa shape index (κ3) is 4.15. The molecule has 3 N–H and O–H groups in total. The summed E-state index contributed by atoms with van der Waals surface area (Å²) in [7, 11) is 1.55. The van der Waals surface area contributed by atoms with Crippen molar-refractivity contribution in [2.24, 2.45) is 5.92 Å². The predicted octanol–water partition coefficient (Wildman–Crippen LogP) is 3.57. The number of anilines is 1. The Kier molecular flexibility index (Phi) is 6.52. The van der Waals surface area contributed by atoms with Gasteiger partial charge >= 0.3 is 0 Å². The molecule has 0 radical (unpaired) electrons. The first-order valence-corrected chi connectivity index (χ1v) is 11.1. The second kappa shape index (κ2) is 8.31. The van der Waals surface area contributed by atoms with Crippen LogP contribution in [0.15, 0.2) is 34.3 Å². The van der Waals surface area contributed by atoms with Gasteiger partial charge in [0.2, 0.25) is 0 Å². The predicted molar refractivity (Wildman–Crippen MR) is 119 cm³/mol. The zero-order valence-corrected chi connectivity index (χ0v) is 19.6. The van der Waals surface area contributed by atoms with Crippen LogP contribution in [-0.2, 0) is 4.74 Å². The van der Waals surface area contributed by atoms with Crippen LogP contribution >= 0.6 is 15.9 Å². The maximum absolute atomic E-state index is 11.8. The van der Waals surface area contributed by atoms with Gasteiger partial charge in [-0.25, -0.2) is 0 Å². The van der Waals surface area contributed by atoms with E-state index in [2.05, 4.69) is 33.0 Å². The van der Waals surface area contributed by atoms with E-state index in [1.165, 1.54) is 5.57 Å². The van der Waals surface area contributed by atoms with Crippen LogP contribution < -0.4 is 4.90 Å². The molecule has 2 fully saturated rings. The monoisotopic (exact) mass is 467 g/mol. The Morgan fingerprint density at radius 1 is 1.34 bits per heavy atom. The van der Waals surface area contributed by atoms with Crippen LogP contribution in [0, 0.1) is 12.8 Å². The van der Waals surface area contributed by atoms with E-state index >= 15 is 0 Å². The van der Waals surface area contributed by atoms with Gasteiger partial charge in [0.25, 0.3) is 0 Å². The maximum atomic E-state index is 11.8. The quantitative estimate of drug-likeness (QED) is 0.590. The first-order chi connectivity index (χ1) is 13.5. The molecule has 1 saturated heterocycles. The van der Waals surface area contributed by atoms with Crippen LogP contribution in [0.4, 0.5) is 5.69 Å². The highest BCUT2D eigenvalue weighted by Crippen LogP contribution is 2.50. The van der Waals surface area contributed by atoms with Gasteiger partial charge in [-0.2, -0.15) is 0 Å². The first-order valence-electron chi connectivity index (χ1n) is 10.3. The number of methoxy groups -OCH3 is 1. The van der Waals surface area contributed by atoms with Crippen molar-refractivity contribution in [2.45, 2.75) is 76.4 Å². The molecule has 0 unspecified atom stereocenters. The number of β-amino-alcohol motifs (C(OH)–C–C–N with tert-alkyl or cyclic N) is 1. The summed E-state index contributed by atoms with van der Waals surface area (Å²) in [4.78, 5) is 2.13. The molecule has 0 aromatic heterocycles. The van der Waals surface area contributed by atoms with E-state index in [-0.39, 0.29) is 6.04 Å². The van der Waals surface area contributed by atoms with Gasteiger partial charge < -0.3 is 25.0 Å². The molecular formula is C23H34BrNO4. The Balaban J connectivity index is 2.10. The summed E-state index contributed by atoms with van der Waals surface area (Å²) in [5, 5.41) is 34.1. The van der Waals surface area contributed by atoms with Gasteiger partial charge in [-0.15, -0.1) is 0 Å². The summed E-state index contributed by atoms with van der Waals surface area (Å²) in [5.74, 6) is -0.579. The van der Waals surface area contributed by atoms with Crippen molar-refractivity contribution in [1.82, 2.24) is 0 Å². The molecule has 1 aromatic carbocycles. The molecule has 29 heavy (non-hydrogen) atoms. The van der Waals surface area contributed by atoms with Crippen molar-refractivity contribution in [2.75, 3.05) is 18.6 Å². The Hall–Kier alpha value is -0.920. The number of halogens is 1. The number of hydrogen-bond acceptors (Lipinski definition) is 5. The minimum atomic E-state index is -1.27. The lowest BCUT2D eigenvalue weighted by molar-refractivity contribution is -0.232. The Labute approximate surface area is 182 Å². The molecular weight excluding hydrogens is 434 g/mol. The number of aliphatic hydroxyl groups is 3. The topological polar surface area (TPSA) is 73.2 Å². The maximum Gasteiger partial charge on any atom is 0.0914 e. The first kappa shape index (κ1) is 22.8. The lowest BCUT2D eigenvalue weighted by Gasteiger charge is -2.61. The summed E-state index contributed by atoms with van der Waals surface area (Å²) in [6.07, 6.45) is 2.34. The fourth-order valence-corrected chi connectivity index (χ4v) is 5.63. The molecule has 5 nitrogen and oxygen atoms in total. The summed E-state index contributed by atoms with van der Waals surface area (Å²) in [6.45, 7) is 8.30. The van der Waals surface area contributed by atoms with Gasteiger partial charge in [-0.3, -0.25) is 0 Å².